The number of allylic oxidation sites excluding steroid dienone is 1. The standard InChI is InChI=1S/C27H22Cl3N3OS/c1-16(17-6-3-2-4-7-17)31-27(34)25-21-9-5-8-18(14-20-11-13-24(30)35-20)26(21)33(32-25)23-12-10-19(28)15-22(23)29/h2-4,6-7,10-16H,5,8-9H2,1H3,(H,31,34)/t16-/m1/s1. The van der Waals surface area contributed by atoms with Crippen LogP contribution in [0.15, 0.2) is 60.7 Å². The topological polar surface area (TPSA) is 46.9 Å². The summed E-state index contributed by atoms with van der Waals surface area (Å²) in [7, 11) is 0. The van der Waals surface area contributed by atoms with Crippen LogP contribution in [-0.2, 0) is 6.42 Å². The summed E-state index contributed by atoms with van der Waals surface area (Å²) in [5, 5.41) is 8.93. The van der Waals surface area contributed by atoms with Crippen molar-refractivity contribution in [1.82, 2.24) is 15.1 Å². The minimum Gasteiger partial charge on any atom is -0.344 e. The number of aromatic nitrogens is 2. The van der Waals surface area contributed by atoms with Crippen LogP contribution < -0.4 is 5.32 Å². The molecule has 5 rings (SSSR count). The van der Waals surface area contributed by atoms with Gasteiger partial charge in [0, 0.05) is 15.5 Å². The molecule has 8 heteroatoms. The van der Waals surface area contributed by atoms with E-state index in [2.05, 4.69) is 11.4 Å². The Bertz CT molecular complexity index is 1420. The van der Waals surface area contributed by atoms with E-state index in [0.717, 1.165) is 50.9 Å². The lowest BCUT2D eigenvalue weighted by atomic mass is 9.90. The van der Waals surface area contributed by atoms with E-state index in [-0.39, 0.29) is 11.9 Å². The van der Waals surface area contributed by atoms with E-state index in [0.29, 0.717) is 21.4 Å². The number of fused-ring (bicyclic) bond motifs is 1. The summed E-state index contributed by atoms with van der Waals surface area (Å²) in [6.45, 7) is 1.97. The van der Waals surface area contributed by atoms with Gasteiger partial charge in [0.15, 0.2) is 5.69 Å². The predicted octanol–water partition coefficient (Wildman–Crippen LogP) is 8.26. The summed E-state index contributed by atoms with van der Waals surface area (Å²) in [6.07, 6.45) is 4.67. The highest BCUT2D eigenvalue weighted by molar-refractivity contribution is 7.17. The molecular formula is C27H22Cl3N3OS. The van der Waals surface area contributed by atoms with E-state index in [9.17, 15) is 4.79 Å². The highest BCUT2D eigenvalue weighted by atomic mass is 35.5. The van der Waals surface area contributed by atoms with Gasteiger partial charge in [-0.15, -0.1) is 11.3 Å². The molecule has 0 fully saturated rings. The molecule has 1 atom stereocenters. The first-order valence-corrected chi connectivity index (χ1v) is 13.2. The normalized spacial score (nSPS) is 15.1. The number of rotatable bonds is 5. The first-order valence-electron chi connectivity index (χ1n) is 11.3. The number of nitrogens with zero attached hydrogens (tertiary/aromatic N) is 2. The molecule has 0 bridgehead atoms. The monoisotopic (exact) mass is 541 g/mol. The summed E-state index contributed by atoms with van der Waals surface area (Å²) in [5.74, 6) is -0.207. The predicted molar refractivity (Wildman–Crippen MR) is 146 cm³/mol. The summed E-state index contributed by atoms with van der Waals surface area (Å²) in [4.78, 5) is 14.5. The lowest BCUT2D eigenvalue weighted by Gasteiger charge is -2.19. The Balaban J connectivity index is 1.61. The van der Waals surface area contributed by atoms with Crippen molar-refractivity contribution in [3.8, 4) is 5.69 Å². The molecule has 4 nitrogen and oxygen atoms in total. The lowest BCUT2D eigenvalue weighted by molar-refractivity contribution is 0.0933. The molecule has 35 heavy (non-hydrogen) atoms. The number of benzene rings is 2. The third-order valence-electron chi connectivity index (χ3n) is 6.07. The van der Waals surface area contributed by atoms with Crippen LogP contribution in [0.3, 0.4) is 0 Å². The van der Waals surface area contributed by atoms with E-state index in [1.165, 1.54) is 11.3 Å². The van der Waals surface area contributed by atoms with Crippen LogP contribution in [0.1, 0.15) is 58.0 Å². The maximum Gasteiger partial charge on any atom is 0.272 e. The van der Waals surface area contributed by atoms with E-state index in [1.54, 1.807) is 16.8 Å². The molecule has 2 aromatic heterocycles. The van der Waals surface area contributed by atoms with Crippen LogP contribution in [0, 0.1) is 0 Å². The van der Waals surface area contributed by atoms with E-state index in [1.807, 2.05) is 55.5 Å². The Morgan fingerprint density at radius 1 is 1.09 bits per heavy atom. The van der Waals surface area contributed by atoms with Gasteiger partial charge in [-0.3, -0.25) is 4.79 Å². The lowest BCUT2D eigenvalue weighted by Crippen LogP contribution is -2.28. The molecule has 2 heterocycles. The summed E-state index contributed by atoms with van der Waals surface area (Å²) < 4.78 is 2.52. The largest absolute Gasteiger partial charge is 0.344 e. The Kier molecular flexibility index (Phi) is 7.03. The Hall–Kier alpha value is -2.57. The second-order valence-electron chi connectivity index (χ2n) is 8.45. The van der Waals surface area contributed by atoms with Crippen LogP contribution in [-0.4, -0.2) is 15.7 Å². The van der Waals surface area contributed by atoms with Gasteiger partial charge >= 0.3 is 0 Å². The maximum absolute atomic E-state index is 13.5. The minimum absolute atomic E-state index is 0.157. The van der Waals surface area contributed by atoms with Crippen LogP contribution in [0.25, 0.3) is 17.3 Å². The maximum atomic E-state index is 13.5. The van der Waals surface area contributed by atoms with Crippen molar-refractivity contribution in [2.24, 2.45) is 0 Å². The first-order chi connectivity index (χ1) is 16.9. The van der Waals surface area contributed by atoms with E-state index < -0.39 is 0 Å². The third-order valence-corrected chi connectivity index (χ3v) is 7.79. The second kappa shape index (κ2) is 10.2. The summed E-state index contributed by atoms with van der Waals surface area (Å²) >= 11 is 20.4. The Morgan fingerprint density at radius 3 is 2.60 bits per heavy atom. The zero-order chi connectivity index (χ0) is 24.5. The smallest absolute Gasteiger partial charge is 0.272 e. The van der Waals surface area contributed by atoms with Crippen LogP contribution in [0.5, 0.6) is 0 Å². The molecule has 0 saturated heterocycles. The van der Waals surface area contributed by atoms with E-state index >= 15 is 0 Å². The van der Waals surface area contributed by atoms with Crippen molar-refractivity contribution in [3.05, 3.63) is 102 Å². The highest BCUT2D eigenvalue weighted by Gasteiger charge is 2.29. The average Bonchev–Trinajstić information content (AvgIpc) is 3.43. The number of nitrogens with one attached hydrogen (secondary N) is 1. The SMILES string of the molecule is C[C@@H](NC(=O)c1nn(-c2ccc(Cl)cc2Cl)c2c1CCCC2=Cc1ccc(Cl)s1)c1ccccc1. The molecule has 0 radical (unpaired) electrons. The van der Waals surface area contributed by atoms with Crippen molar-refractivity contribution in [2.75, 3.05) is 0 Å². The van der Waals surface area contributed by atoms with Gasteiger partial charge in [0.05, 0.1) is 26.8 Å². The molecule has 2 aromatic carbocycles. The van der Waals surface area contributed by atoms with E-state index in [4.69, 9.17) is 39.9 Å². The fraction of sp³-hybridized carbons (Fsp3) is 0.185. The van der Waals surface area contributed by atoms with Crippen LogP contribution in [0.4, 0.5) is 0 Å². The molecule has 178 valence electrons. The molecule has 1 aliphatic carbocycles. The van der Waals surface area contributed by atoms with Gasteiger partial charge in [0.1, 0.15) is 0 Å². The molecule has 1 N–H and O–H groups in total. The van der Waals surface area contributed by atoms with Crippen molar-refractivity contribution >= 4 is 63.7 Å². The Labute approximate surface area is 223 Å². The van der Waals surface area contributed by atoms with Gasteiger partial charge in [-0.25, -0.2) is 4.68 Å². The van der Waals surface area contributed by atoms with Gasteiger partial charge in [0.2, 0.25) is 0 Å². The number of thiophene rings is 1. The zero-order valence-electron chi connectivity index (χ0n) is 18.9. The molecule has 4 aromatic rings. The molecular weight excluding hydrogens is 521 g/mol. The molecule has 1 aliphatic rings. The molecule has 1 amide bonds. The number of hydrogen-bond donors (Lipinski definition) is 1. The second-order valence-corrected chi connectivity index (χ2v) is 11.0. The number of carbonyl (C=O) groups is 1. The summed E-state index contributed by atoms with van der Waals surface area (Å²) in [6, 6.07) is 18.9. The van der Waals surface area contributed by atoms with Crippen molar-refractivity contribution < 1.29 is 4.79 Å². The van der Waals surface area contributed by atoms with Gasteiger partial charge < -0.3 is 5.32 Å². The number of hydrogen-bond acceptors (Lipinski definition) is 3. The highest BCUT2D eigenvalue weighted by Crippen LogP contribution is 2.38. The fourth-order valence-corrected chi connectivity index (χ4v) is 5.93. The van der Waals surface area contributed by atoms with Crippen LogP contribution >= 0.6 is 46.1 Å². The minimum atomic E-state index is -0.207. The van der Waals surface area contributed by atoms with Gasteiger partial charge in [-0.05, 0) is 73.7 Å². The Morgan fingerprint density at radius 2 is 1.89 bits per heavy atom. The zero-order valence-corrected chi connectivity index (χ0v) is 22.0. The van der Waals surface area contributed by atoms with Crippen molar-refractivity contribution in [2.45, 2.75) is 32.2 Å². The van der Waals surface area contributed by atoms with Crippen LogP contribution in [0.2, 0.25) is 14.4 Å². The molecule has 0 unspecified atom stereocenters. The van der Waals surface area contributed by atoms with Gasteiger partial charge in [-0.2, -0.15) is 5.10 Å². The number of halogens is 3. The number of amides is 1. The quantitative estimate of drug-likeness (QED) is 0.276. The molecule has 0 spiro atoms. The third kappa shape index (κ3) is 5.05. The van der Waals surface area contributed by atoms with Gasteiger partial charge in [-0.1, -0.05) is 65.1 Å². The fourth-order valence-electron chi connectivity index (χ4n) is 4.41. The molecule has 0 saturated carbocycles. The van der Waals surface area contributed by atoms with Gasteiger partial charge in [0.25, 0.3) is 5.91 Å². The number of carbonyl (C=O) groups excluding carboxylic acids is 1. The van der Waals surface area contributed by atoms with Crippen molar-refractivity contribution in [3.63, 3.8) is 0 Å². The molecule has 0 aliphatic heterocycles. The van der Waals surface area contributed by atoms with Crippen molar-refractivity contribution in [1.29, 1.82) is 0 Å². The average molecular weight is 543 g/mol. The summed E-state index contributed by atoms with van der Waals surface area (Å²) in [5.41, 5.74) is 5.06. The first kappa shape index (κ1) is 24.1.